The van der Waals surface area contributed by atoms with E-state index < -0.39 is 11.8 Å². The van der Waals surface area contributed by atoms with Crippen molar-refractivity contribution in [2.24, 2.45) is 0 Å². The van der Waals surface area contributed by atoms with Crippen LogP contribution in [0.2, 0.25) is 0 Å². The molecule has 0 bridgehead atoms. The van der Waals surface area contributed by atoms with Gasteiger partial charge in [-0.15, -0.1) is 0 Å². The molecule has 2 aromatic rings. The lowest BCUT2D eigenvalue weighted by Gasteiger charge is -2.08. The second-order valence-electron chi connectivity index (χ2n) is 3.30. The molecule has 0 radical (unpaired) electrons. The van der Waals surface area contributed by atoms with E-state index in [2.05, 4.69) is 10.5 Å². The minimum absolute atomic E-state index is 0.0589. The normalized spacial score (nSPS) is 10.2. The van der Waals surface area contributed by atoms with Gasteiger partial charge in [-0.05, 0) is 12.1 Å². The number of rotatable bonds is 4. The summed E-state index contributed by atoms with van der Waals surface area (Å²) in [5.74, 6) is -1.32. The van der Waals surface area contributed by atoms with E-state index in [1.807, 2.05) is 0 Å². The van der Waals surface area contributed by atoms with Gasteiger partial charge in [0.15, 0.2) is 5.76 Å². The van der Waals surface area contributed by atoms with Crippen LogP contribution in [0.25, 0.3) is 0 Å². The lowest BCUT2D eigenvalue weighted by molar-refractivity contribution is 0.0697. The van der Waals surface area contributed by atoms with E-state index in [0.717, 1.165) is 0 Å². The first-order valence-electron chi connectivity index (χ1n) is 4.83. The Bertz CT molecular complexity index is 526. The van der Waals surface area contributed by atoms with Crippen molar-refractivity contribution in [3.8, 4) is 0 Å². The molecule has 6 heteroatoms. The molecule has 1 aromatic heterocycles. The van der Waals surface area contributed by atoms with Crippen molar-refractivity contribution < 1.29 is 18.8 Å². The number of para-hydroxylation sites is 1. The Kier molecular flexibility index (Phi) is 3.04. The number of halogens is 1. The number of hydrogen-bond donors (Lipinski definition) is 2. The number of nitrogens with one attached hydrogen (secondary N) is 1. The van der Waals surface area contributed by atoms with E-state index in [1.54, 1.807) is 6.07 Å². The zero-order valence-corrected chi connectivity index (χ0v) is 8.68. The Labute approximate surface area is 95.9 Å². The van der Waals surface area contributed by atoms with Gasteiger partial charge in [-0.3, -0.25) is 0 Å². The number of nitrogens with zero attached hydrogens (tertiary/aromatic N) is 1. The maximum atomic E-state index is 13.5. The average molecular weight is 236 g/mol. The SMILES string of the molecule is O=C(O)c1cccc(F)c1NCc1ccno1. The summed E-state index contributed by atoms with van der Waals surface area (Å²) in [6.45, 7) is 0.168. The second-order valence-corrected chi connectivity index (χ2v) is 3.30. The van der Waals surface area contributed by atoms with Gasteiger partial charge in [-0.1, -0.05) is 11.2 Å². The van der Waals surface area contributed by atoms with Crippen LogP contribution in [0.3, 0.4) is 0 Å². The number of carboxylic acid groups (broad SMARTS) is 1. The van der Waals surface area contributed by atoms with E-state index in [9.17, 15) is 9.18 Å². The summed E-state index contributed by atoms with van der Waals surface area (Å²) in [6, 6.07) is 5.47. The minimum Gasteiger partial charge on any atom is -0.478 e. The van der Waals surface area contributed by atoms with Crippen LogP contribution in [0, 0.1) is 5.82 Å². The van der Waals surface area contributed by atoms with Gasteiger partial charge < -0.3 is 14.9 Å². The highest BCUT2D eigenvalue weighted by atomic mass is 19.1. The molecule has 0 atom stereocenters. The molecule has 5 nitrogen and oxygen atoms in total. The summed E-state index contributed by atoms with van der Waals surface area (Å²) in [5.41, 5.74) is -0.180. The van der Waals surface area contributed by atoms with Gasteiger partial charge in [0.2, 0.25) is 0 Å². The molecule has 0 saturated heterocycles. The van der Waals surface area contributed by atoms with Crippen LogP contribution < -0.4 is 5.32 Å². The monoisotopic (exact) mass is 236 g/mol. The molecule has 0 amide bonds. The molecular formula is C11H9FN2O3. The topological polar surface area (TPSA) is 75.4 Å². The number of aromatic nitrogens is 1. The number of benzene rings is 1. The molecule has 88 valence electrons. The van der Waals surface area contributed by atoms with Gasteiger partial charge >= 0.3 is 5.97 Å². The van der Waals surface area contributed by atoms with Crippen LogP contribution in [-0.2, 0) is 6.54 Å². The van der Waals surface area contributed by atoms with Crippen LogP contribution in [-0.4, -0.2) is 16.2 Å². The van der Waals surface area contributed by atoms with Gasteiger partial charge in [-0.25, -0.2) is 9.18 Å². The molecule has 1 heterocycles. The summed E-state index contributed by atoms with van der Waals surface area (Å²) in [5, 5.41) is 15.1. The molecule has 2 rings (SSSR count). The van der Waals surface area contributed by atoms with Gasteiger partial charge in [0.05, 0.1) is 24.0 Å². The Morgan fingerprint density at radius 2 is 2.29 bits per heavy atom. The van der Waals surface area contributed by atoms with E-state index >= 15 is 0 Å². The summed E-state index contributed by atoms with van der Waals surface area (Å²) >= 11 is 0. The van der Waals surface area contributed by atoms with Crippen LogP contribution in [0.15, 0.2) is 35.0 Å². The molecule has 17 heavy (non-hydrogen) atoms. The van der Waals surface area contributed by atoms with Gasteiger partial charge in [0.25, 0.3) is 0 Å². The lowest BCUT2D eigenvalue weighted by Crippen LogP contribution is -2.08. The molecule has 0 saturated carbocycles. The maximum Gasteiger partial charge on any atom is 0.337 e. The zero-order chi connectivity index (χ0) is 12.3. The smallest absolute Gasteiger partial charge is 0.337 e. The van der Waals surface area contributed by atoms with Crippen molar-refractivity contribution in [1.82, 2.24) is 5.16 Å². The number of carbonyl (C=O) groups is 1. The molecule has 0 spiro atoms. The second kappa shape index (κ2) is 4.65. The Hall–Kier alpha value is -2.37. The summed E-state index contributed by atoms with van der Waals surface area (Å²) < 4.78 is 18.3. The van der Waals surface area contributed by atoms with Crippen molar-refractivity contribution in [3.05, 3.63) is 47.6 Å². The molecule has 0 unspecified atom stereocenters. The van der Waals surface area contributed by atoms with Crippen molar-refractivity contribution in [1.29, 1.82) is 0 Å². The number of carboxylic acids is 1. The quantitative estimate of drug-likeness (QED) is 0.850. The first-order valence-corrected chi connectivity index (χ1v) is 4.83. The van der Waals surface area contributed by atoms with E-state index in [-0.39, 0.29) is 17.8 Å². The molecular weight excluding hydrogens is 227 g/mol. The predicted molar refractivity (Wildman–Crippen MR) is 57.2 cm³/mol. The highest BCUT2D eigenvalue weighted by molar-refractivity contribution is 5.94. The lowest BCUT2D eigenvalue weighted by atomic mass is 10.1. The van der Waals surface area contributed by atoms with Crippen molar-refractivity contribution in [2.45, 2.75) is 6.54 Å². The third-order valence-electron chi connectivity index (χ3n) is 2.17. The number of anilines is 1. The largest absolute Gasteiger partial charge is 0.478 e. The third kappa shape index (κ3) is 2.41. The van der Waals surface area contributed by atoms with Crippen molar-refractivity contribution in [3.63, 3.8) is 0 Å². The van der Waals surface area contributed by atoms with Crippen LogP contribution in [0.5, 0.6) is 0 Å². The molecule has 0 aliphatic rings. The summed E-state index contributed by atoms with van der Waals surface area (Å²) in [6.07, 6.45) is 1.45. The van der Waals surface area contributed by atoms with E-state index in [0.29, 0.717) is 5.76 Å². The maximum absolute atomic E-state index is 13.5. The minimum atomic E-state index is -1.19. The Balaban J connectivity index is 2.22. The van der Waals surface area contributed by atoms with E-state index in [1.165, 1.54) is 24.4 Å². The summed E-state index contributed by atoms with van der Waals surface area (Å²) in [4.78, 5) is 10.9. The van der Waals surface area contributed by atoms with Gasteiger partial charge in [0.1, 0.15) is 5.82 Å². The standard InChI is InChI=1S/C11H9FN2O3/c12-9-3-1-2-8(11(15)16)10(9)13-6-7-4-5-14-17-7/h1-5,13H,6H2,(H,15,16). The first-order chi connectivity index (χ1) is 8.18. The summed E-state index contributed by atoms with van der Waals surface area (Å²) in [7, 11) is 0. The fourth-order valence-electron chi connectivity index (χ4n) is 1.39. The molecule has 0 fully saturated rings. The van der Waals surface area contributed by atoms with Gasteiger partial charge in [0, 0.05) is 6.07 Å². The molecule has 2 N–H and O–H groups in total. The molecule has 1 aromatic carbocycles. The Morgan fingerprint density at radius 3 is 2.94 bits per heavy atom. The highest BCUT2D eigenvalue weighted by Gasteiger charge is 2.14. The molecule has 0 aliphatic carbocycles. The third-order valence-corrected chi connectivity index (χ3v) is 2.17. The highest BCUT2D eigenvalue weighted by Crippen LogP contribution is 2.20. The van der Waals surface area contributed by atoms with Crippen molar-refractivity contribution in [2.75, 3.05) is 5.32 Å². The molecule has 0 aliphatic heterocycles. The first kappa shape index (κ1) is 11.1. The number of hydrogen-bond acceptors (Lipinski definition) is 4. The number of aromatic carboxylic acids is 1. The predicted octanol–water partition coefficient (Wildman–Crippen LogP) is 2.12. The Morgan fingerprint density at radius 1 is 1.47 bits per heavy atom. The average Bonchev–Trinajstić information content (AvgIpc) is 2.80. The van der Waals surface area contributed by atoms with Gasteiger partial charge in [-0.2, -0.15) is 0 Å². The van der Waals surface area contributed by atoms with Crippen molar-refractivity contribution >= 4 is 11.7 Å². The van der Waals surface area contributed by atoms with Crippen LogP contribution in [0.1, 0.15) is 16.1 Å². The van der Waals surface area contributed by atoms with Crippen LogP contribution >= 0.6 is 0 Å². The zero-order valence-electron chi connectivity index (χ0n) is 8.68. The van der Waals surface area contributed by atoms with E-state index in [4.69, 9.17) is 9.63 Å². The van der Waals surface area contributed by atoms with Crippen LogP contribution in [0.4, 0.5) is 10.1 Å². The fraction of sp³-hybridized carbons (Fsp3) is 0.0909. The fourth-order valence-corrected chi connectivity index (χ4v) is 1.39.